The van der Waals surface area contributed by atoms with E-state index in [0.717, 1.165) is 29.2 Å². The molecule has 0 unspecified atom stereocenters. The van der Waals surface area contributed by atoms with Gasteiger partial charge in [0.15, 0.2) is 11.7 Å². The molecular formula is C11H12N4. The van der Waals surface area contributed by atoms with E-state index in [1.165, 1.54) is 0 Å². The predicted octanol–water partition coefficient (Wildman–Crippen LogP) is 1.30. The van der Waals surface area contributed by atoms with Gasteiger partial charge in [0, 0.05) is 6.04 Å². The van der Waals surface area contributed by atoms with Crippen molar-refractivity contribution in [1.82, 2.24) is 15.3 Å². The van der Waals surface area contributed by atoms with Crippen LogP contribution in [0.25, 0.3) is 11.0 Å². The topological polar surface area (TPSA) is 53.1 Å². The third-order valence-corrected chi connectivity index (χ3v) is 2.52. The van der Waals surface area contributed by atoms with Gasteiger partial charge < -0.3 is 10.3 Å². The molecule has 0 spiro atoms. The molecule has 0 saturated heterocycles. The zero-order chi connectivity index (χ0) is 10.3. The van der Waals surface area contributed by atoms with E-state index in [4.69, 9.17) is 0 Å². The Morgan fingerprint density at radius 1 is 1.33 bits per heavy atom. The first kappa shape index (κ1) is 8.47. The highest BCUT2D eigenvalue weighted by Crippen LogP contribution is 2.11. The maximum Gasteiger partial charge on any atom is 0.173 e. The molecule has 2 N–H and O–H groups in total. The zero-order valence-corrected chi connectivity index (χ0v) is 8.49. The predicted molar refractivity (Wildman–Crippen MR) is 60.1 cm³/mol. The number of nitrogens with zero attached hydrogens (tertiary/aromatic N) is 2. The highest BCUT2D eigenvalue weighted by atomic mass is 15.1. The molecule has 1 aliphatic heterocycles. The lowest BCUT2D eigenvalue weighted by Crippen LogP contribution is -2.28. The van der Waals surface area contributed by atoms with E-state index in [9.17, 15) is 0 Å². The lowest BCUT2D eigenvalue weighted by atomic mass is 10.3. The molecule has 1 atom stereocenters. The third kappa shape index (κ3) is 1.38. The molecule has 2 aromatic rings. The first-order valence-corrected chi connectivity index (χ1v) is 5.09. The number of fused-ring (bicyclic) bond motifs is 1. The van der Waals surface area contributed by atoms with Crippen LogP contribution in [0.4, 0.5) is 0 Å². The fraction of sp³-hybridized carbons (Fsp3) is 0.273. The van der Waals surface area contributed by atoms with Crippen LogP contribution in [0.15, 0.2) is 29.3 Å². The summed E-state index contributed by atoms with van der Waals surface area (Å²) < 4.78 is 0. The molecule has 4 heteroatoms. The number of benzene rings is 1. The van der Waals surface area contributed by atoms with Crippen molar-refractivity contribution in [2.45, 2.75) is 13.0 Å². The van der Waals surface area contributed by atoms with Crippen LogP contribution in [-0.4, -0.2) is 28.4 Å². The molecule has 0 fully saturated rings. The van der Waals surface area contributed by atoms with Gasteiger partial charge in [0.2, 0.25) is 0 Å². The van der Waals surface area contributed by atoms with Crippen LogP contribution < -0.4 is 5.32 Å². The molecule has 0 saturated carbocycles. The quantitative estimate of drug-likeness (QED) is 0.729. The van der Waals surface area contributed by atoms with Gasteiger partial charge in [-0.2, -0.15) is 0 Å². The Kier molecular flexibility index (Phi) is 1.74. The molecule has 3 rings (SSSR count). The molecule has 15 heavy (non-hydrogen) atoms. The average molecular weight is 200 g/mol. The van der Waals surface area contributed by atoms with Gasteiger partial charge in [0.25, 0.3) is 0 Å². The number of imidazole rings is 1. The molecule has 0 amide bonds. The van der Waals surface area contributed by atoms with Crippen molar-refractivity contribution < 1.29 is 0 Å². The Balaban J connectivity index is 2.05. The number of para-hydroxylation sites is 2. The van der Waals surface area contributed by atoms with E-state index in [1.54, 1.807) is 0 Å². The lowest BCUT2D eigenvalue weighted by Gasteiger charge is -2.01. The fourth-order valence-corrected chi connectivity index (χ4v) is 1.76. The third-order valence-electron chi connectivity index (χ3n) is 2.52. The van der Waals surface area contributed by atoms with Crippen LogP contribution >= 0.6 is 0 Å². The average Bonchev–Trinajstić information content (AvgIpc) is 2.82. The number of H-pyrrole nitrogens is 1. The van der Waals surface area contributed by atoms with E-state index in [0.29, 0.717) is 6.04 Å². The molecule has 0 bridgehead atoms. The summed E-state index contributed by atoms with van der Waals surface area (Å²) in [5, 5.41) is 3.29. The van der Waals surface area contributed by atoms with E-state index >= 15 is 0 Å². The monoisotopic (exact) mass is 200 g/mol. The van der Waals surface area contributed by atoms with E-state index in [1.807, 2.05) is 24.3 Å². The van der Waals surface area contributed by atoms with Crippen molar-refractivity contribution in [3.8, 4) is 0 Å². The van der Waals surface area contributed by atoms with Gasteiger partial charge in [0.1, 0.15) is 0 Å². The SMILES string of the molecule is C[C@H]1CN=C(c2nc3ccccc3[nH]2)N1. The number of aromatic amines is 1. The van der Waals surface area contributed by atoms with Gasteiger partial charge in [0.05, 0.1) is 17.6 Å². The summed E-state index contributed by atoms with van der Waals surface area (Å²) in [5.41, 5.74) is 2.04. The number of rotatable bonds is 1. The van der Waals surface area contributed by atoms with Gasteiger partial charge in [-0.3, -0.25) is 4.99 Å². The van der Waals surface area contributed by atoms with E-state index in [-0.39, 0.29) is 0 Å². The number of nitrogens with one attached hydrogen (secondary N) is 2. The van der Waals surface area contributed by atoms with Crippen molar-refractivity contribution >= 4 is 16.9 Å². The molecule has 1 aromatic heterocycles. The maximum atomic E-state index is 4.48. The van der Waals surface area contributed by atoms with Crippen molar-refractivity contribution in [1.29, 1.82) is 0 Å². The van der Waals surface area contributed by atoms with Crippen LogP contribution in [0.3, 0.4) is 0 Å². The molecule has 2 heterocycles. The smallest absolute Gasteiger partial charge is 0.173 e. The van der Waals surface area contributed by atoms with Gasteiger partial charge in [-0.1, -0.05) is 12.1 Å². The Morgan fingerprint density at radius 3 is 2.93 bits per heavy atom. The minimum atomic E-state index is 0.410. The number of aromatic nitrogens is 2. The number of aliphatic imine (C=N–C) groups is 1. The molecular weight excluding hydrogens is 188 g/mol. The lowest BCUT2D eigenvalue weighted by molar-refractivity contribution is 0.725. The first-order valence-electron chi connectivity index (χ1n) is 5.09. The van der Waals surface area contributed by atoms with Gasteiger partial charge in [-0.25, -0.2) is 4.98 Å². The standard InChI is InChI=1S/C11H12N4/c1-7-6-12-10(13-7)11-14-8-4-2-3-5-9(8)15-11/h2-5,7H,6H2,1H3,(H,12,13)(H,14,15)/t7-/m0/s1. The fourth-order valence-electron chi connectivity index (χ4n) is 1.76. The Hall–Kier alpha value is -1.84. The van der Waals surface area contributed by atoms with Gasteiger partial charge >= 0.3 is 0 Å². The summed E-state index contributed by atoms with van der Waals surface area (Å²) in [6.45, 7) is 2.94. The van der Waals surface area contributed by atoms with Crippen LogP contribution in [0.1, 0.15) is 12.7 Å². The van der Waals surface area contributed by atoms with Crippen molar-refractivity contribution in [3.63, 3.8) is 0 Å². The summed E-state index contributed by atoms with van der Waals surface area (Å²) in [6, 6.07) is 8.41. The Bertz CT molecular complexity index is 493. The number of amidine groups is 1. The number of hydrogen-bond donors (Lipinski definition) is 2. The molecule has 76 valence electrons. The van der Waals surface area contributed by atoms with E-state index < -0.39 is 0 Å². The summed E-state index contributed by atoms with van der Waals surface area (Å²) in [5.74, 6) is 1.71. The zero-order valence-electron chi connectivity index (χ0n) is 8.49. The summed E-state index contributed by atoms with van der Waals surface area (Å²) in [7, 11) is 0. The van der Waals surface area contributed by atoms with Crippen LogP contribution in [0.5, 0.6) is 0 Å². The van der Waals surface area contributed by atoms with Crippen LogP contribution in [0.2, 0.25) is 0 Å². The second-order valence-corrected chi connectivity index (χ2v) is 3.84. The Morgan fingerprint density at radius 2 is 2.20 bits per heavy atom. The summed E-state index contributed by atoms with van der Waals surface area (Å²) >= 11 is 0. The summed E-state index contributed by atoms with van der Waals surface area (Å²) in [4.78, 5) is 12.1. The molecule has 4 nitrogen and oxygen atoms in total. The second-order valence-electron chi connectivity index (χ2n) is 3.84. The van der Waals surface area contributed by atoms with Crippen molar-refractivity contribution in [2.75, 3.05) is 6.54 Å². The highest BCUT2D eigenvalue weighted by Gasteiger charge is 2.16. The van der Waals surface area contributed by atoms with Crippen LogP contribution in [0, 0.1) is 0 Å². The maximum absolute atomic E-state index is 4.48. The van der Waals surface area contributed by atoms with E-state index in [2.05, 4.69) is 27.2 Å². The minimum absolute atomic E-state index is 0.410. The first-order chi connectivity index (χ1) is 7.33. The molecule has 0 aliphatic carbocycles. The molecule has 0 radical (unpaired) electrons. The van der Waals surface area contributed by atoms with Gasteiger partial charge in [-0.15, -0.1) is 0 Å². The van der Waals surface area contributed by atoms with Gasteiger partial charge in [-0.05, 0) is 19.1 Å². The molecule has 1 aromatic carbocycles. The van der Waals surface area contributed by atoms with Crippen LogP contribution in [-0.2, 0) is 0 Å². The largest absolute Gasteiger partial charge is 0.363 e. The molecule has 1 aliphatic rings. The number of hydrogen-bond acceptors (Lipinski definition) is 3. The van der Waals surface area contributed by atoms with Crippen molar-refractivity contribution in [2.24, 2.45) is 4.99 Å². The van der Waals surface area contributed by atoms with Crippen molar-refractivity contribution in [3.05, 3.63) is 30.1 Å². The second kappa shape index (κ2) is 3.08. The summed E-state index contributed by atoms with van der Waals surface area (Å²) in [6.07, 6.45) is 0. The normalized spacial score (nSPS) is 20.3. The Labute approximate surface area is 87.4 Å². The highest BCUT2D eigenvalue weighted by molar-refractivity contribution is 5.99. The minimum Gasteiger partial charge on any atom is -0.363 e.